The van der Waals surface area contributed by atoms with Crippen molar-refractivity contribution in [1.29, 1.82) is 0 Å². The Hall–Kier alpha value is -2.24. The summed E-state index contributed by atoms with van der Waals surface area (Å²) in [6, 6.07) is 11.4. The van der Waals surface area contributed by atoms with Gasteiger partial charge >= 0.3 is 0 Å². The normalized spacial score (nSPS) is 11.8. The van der Waals surface area contributed by atoms with E-state index in [-0.39, 0.29) is 18.1 Å². The summed E-state index contributed by atoms with van der Waals surface area (Å²) in [5.41, 5.74) is 1.68. The minimum atomic E-state index is -0.326. The van der Waals surface area contributed by atoms with Crippen molar-refractivity contribution in [2.75, 3.05) is 0 Å². The molecule has 3 aromatic rings. The lowest BCUT2D eigenvalue weighted by Gasteiger charge is -2.01. The minimum absolute atomic E-state index is 0.128. The predicted molar refractivity (Wildman–Crippen MR) is 95.7 cm³/mol. The van der Waals surface area contributed by atoms with Crippen molar-refractivity contribution in [3.8, 4) is 0 Å². The molecule has 6 heteroatoms. The van der Waals surface area contributed by atoms with Crippen molar-refractivity contribution < 1.29 is 9.18 Å². The molecule has 0 aliphatic carbocycles. The molecule has 0 bridgehead atoms. The zero-order valence-corrected chi connectivity index (χ0v) is 14.3. The van der Waals surface area contributed by atoms with Gasteiger partial charge in [-0.15, -0.1) is 6.58 Å². The van der Waals surface area contributed by atoms with E-state index >= 15 is 0 Å². The first kappa shape index (κ1) is 16.6. The van der Waals surface area contributed by atoms with Crippen LogP contribution in [-0.2, 0) is 17.8 Å². The Morgan fingerprint density at radius 3 is 2.75 bits per heavy atom. The quantitative estimate of drug-likeness (QED) is 0.637. The summed E-state index contributed by atoms with van der Waals surface area (Å²) in [5.74, 6) is -0.606. The van der Waals surface area contributed by atoms with Crippen molar-refractivity contribution in [2.24, 2.45) is 4.99 Å². The van der Waals surface area contributed by atoms with Gasteiger partial charge < -0.3 is 4.57 Å². The van der Waals surface area contributed by atoms with Crippen LogP contribution in [0.1, 0.15) is 5.56 Å². The zero-order chi connectivity index (χ0) is 17.1. The summed E-state index contributed by atoms with van der Waals surface area (Å²) in [6.45, 7) is 4.30. The summed E-state index contributed by atoms with van der Waals surface area (Å²) >= 11 is 7.43. The number of hydrogen-bond donors (Lipinski definition) is 0. The lowest BCUT2D eigenvalue weighted by Crippen LogP contribution is -2.16. The zero-order valence-electron chi connectivity index (χ0n) is 12.7. The van der Waals surface area contributed by atoms with Gasteiger partial charge in [0.2, 0.25) is 0 Å². The van der Waals surface area contributed by atoms with Gasteiger partial charge in [0.25, 0.3) is 5.91 Å². The van der Waals surface area contributed by atoms with Crippen molar-refractivity contribution in [1.82, 2.24) is 4.57 Å². The van der Waals surface area contributed by atoms with Crippen molar-refractivity contribution in [3.63, 3.8) is 0 Å². The summed E-state index contributed by atoms with van der Waals surface area (Å²) in [4.78, 5) is 17.1. The Labute approximate surface area is 147 Å². The number of benzene rings is 2. The molecule has 0 aliphatic heterocycles. The van der Waals surface area contributed by atoms with Crippen molar-refractivity contribution in [3.05, 3.63) is 76.3 Å². The summed E-state index contributed by atoms with van der Waals surface area (Å²) in [7, 11) is 0. The number of halogens is 2. The Morgan fingerprint density at radius 1 is 1.29 bits per heavy atom. The molecule has 0 N–H and O–H groups in total. The largest absolute Gasteiger partial charge is 0.313 e. The molecule has 3 rings (SSSR count). The molecule has 0 radical (unpaired) electrons. The molecular weight excluding hydrogens is 347 g/mol. The van der Waals surface area contributed by atoms with E-state index in [1.807, 2.05) is 16.7 Å². The fourth-order valence-corrected chi connectivity index (χ4v) is 3.69. The Balaban J connectivity index is 1.98. The van der Waals surface area contributed by atoms with E-state index in [0.29, 0.717) is 16.4 Å². The van der Waals surface area contributed by atoms with Gasteiger partial charge in [-0.1, -0.05) is 41.1 Å². The Kier molecular flexibility index (Phi) is 4.92. The van der Waals surface area contributed by atoms with Gasteiger partial charge in [-0.05, 0) is 35.9 Å². The minimum Gasteiger partial charge on any atom is -0.313 e. The second-order valence-corrected chi connectivity index (χ2v) is 6.65. The van der Waals surface area contributed by atoms with Crippen LogP contribution in [0.3, 0.4) is 0 Å². The molecule has 1 aromatic heterocycles. The monoisotopic (exact) mass is 360 g/mol. The number of carbonyl (C=O) groups excluding carboxylic acids is 1. The molecule has 3 nitrogen and oxygen atoms in total. The molecule has 1 heterocycles. The van der Waals surface area contributed by atoms with E-state index in [4.69, 9.17) is 11.6 Å². The van der Waals surface area contributed by atoms with Crippen LogP contribution >= 0.6 is 22.9 Å². The lowest BCUT2D eigenvalue weighted by molar-refractivity contribution is -0.117. The molecule has 122 valence electrons. The third kappa shape index (κ3) is 3.63. The van der Waals surface area contributed by atoms with Gasteiger partial charge in [-0.25, -0.2) is 4.39 Å². The van der Waals surface area contributed by atoms with Crippen LogP contribution in [0.4, 0.5) is 4.39 Å². The first-order valence-electron chi connectivity index (χ1n) is 7.28. The average Bonchev–Trinajstić information content (AvgIpc) is 2.86. The topological polar surface area (TPSA) is 34.4 Å². The van der Waals surface area contributed by atoms with Gasteiger partial charge in [0.05, 0.1) is 16.6 Å². The van der Waals surface area contributed by atoms with Crippen LogP contribution < -0.4 is 4.80 Å². The highest BCUT2D eigenvalue weighted by Crippen LogP contribution is 2.22. The van der Waals surface area contributed by atoms with E-state index in [1.54, 1.807) is 24.3 Å². The van der Waals surface area contributed by atoms with Gasteiger partial charge in [0.15, 0.2) is 4.80 Å². The van der Waals surface area contributed by atoms with E-state index in [0.717, 1.165) is 15.8 Å². The van der Waals surface area contributed by atoms with E-state index < -0.39 is 0 Å². The van der Waals surface area contributed by atoms with Crippen LogP contribution in [0.25, 0.3) is 10.2 Å². The molecule has 0 saturated heterocycles. The number of allylic oxidation sites excluding steroid dienone is 1. The average molecular weight is 361 g/mol. The van der Waals surface area contributed by atoms with Crippen LogP contribution in [0.5, 0.6) is 0 Å². The second kappa shape index (κ2) is 7.11. The number of aromatic nitrogens is 1. The maximum absolute atomic E-state index is 12.9. The number of amides is 1. The third-order valence-electron chi connectivity index (χ3n) is 3.45. The standard InChI is InChI=1S/C18H14ClFN2OS/c1-2-9-22-15-8-5-13(19)11-16(15)24-18(22)21-17(23)10-12-3-6-14(20)7-4-12/h2-8,11H,1,9-10H2. The van der Waals surface area contributed by atoms with Crippen molar-refractivity contribution in [2.45, 2.75) is 13.0 Å². The summed E-state index contributed by atoms with van der Waals surface area (Å²) < 4.78 is 15.8. The van der Waals surface area contributed by atoms with Gasteiger partial charge in [0, 0.05) is 11.6 Å². The SMILES string of the molecule is C=CCn1c(=NC(=O)Cc2ccc(F)cc2)sc2cc(Cl)ccc21. The molecule has 0 atom stereocenters. The number of hydrogen-bond acceptors (Lipinski definition) is 2. The molecule has 0 saturated carbocycles. The highest BCUT2D eigenvalue weighted by atomic mass is 35.5. The van der Waals surface area contributed by atoms with Gasteiger partial charge in [-0.3, -0.25) is 4.79 Å². The van der Waals surface area contributed by atoms with Gasteiger partial charge in [0.1, 0.15) is 5.82 Å². The molecule has 24 heavy (non-hydrogen) atoms. The molecule has 0 unspecified atom stereocenters. The molecular formula is C18H14ClFN2OS. The first-order chi connectivity index (χ1) is 11.6. The Bertz CT molecular complexity index is 973. The fourth-order valence-electron chi connectivity index (χ4n) is 2.36. The number of fused-ring (bicyclic) bond motifs is 1. The summed E-state index contributed by atoms with van der Waals surface area (Å²) in [6.07, 6.45) is 1.88. The van der Waals surface area contributed by atoms with Crippen LogP contribution in [0, 0.1) is 5.82 Å². The van der Waals surface area contributed by atoms with E-state index in [1.165, 1.54) is 23.5 Å². The number of rotatable bonds is 4. The molecule has 0 fully saturated rings. The first-order valence-corrected chi connectivity index (χ1v) is 8.48. The second-order valence-electron chi connectivity index (χ2n) is 5.20. The van der Waals surface area contributed by atoms with E-state index in [9.17, 15) is 9.18 Å². The molecule has 1 amide bonds. The maximum Gasteiger partial charge on any atom is 0.252 e. The number of carbonyl (C=O) groups is 1. The smallest absolute Gasteiger partial charge is 0.252 e. The van der Waals surface area contributed by atoms with E-state index in [2.05, 4.69) is 11.6 Å². The van der Waals surface area contributed by atoms with Crippen molar-refractivity contribution >= 4 is 39.1 Å². The number of nitrogens with zero attached hydrogens (tertiary/aromatic N) is 2. The van der Waals surface area contributed by atoms with Crippen LogP contribution in [-0.4, -0.2) is 10.5 Å². The highest BCUT2D eigenvalue weighted by Gasteiger charge is 2.08. The fraction of sp³-hybridized carbons (Fsp3) is 0.111. The Morgan fingerprint density at radius 2 is 2.04 bits per heavy atom. The molecule has 2 aromatic carbocycles. The predicted octanol–water partition coefficient (Wildman–Crippen LogP) is 4.35. The summed E-state index contributed by atoms with van der Waals surface area (Å²) in [5, 5.41) is 0.638. The third-order valence-corrected chi connectivity index (χ3v) is 4.72. The maximum atomic E-state index is 12.9. The highest BCUT2D eigenvalue weighted by molar-refractivity contribution is 7.16. The lowest BCUT2D eigenvalue weighted by atomic mass is 10.1. The number of thiazole rings is 1. The van der Waals surface area contributed by atoms with Crippen LogP contribution in [0.2, 0.25) is 5.02 Å². The van der Waals surface area contributed by atoms with Crippen LogP contribution in [0.15, 0.2) is 60.1 Å². The molecule has 0 spiro atoms. The molecule has 0 aliphatic rings. The van der Waals surface area contributed by atoms with Gasteiger partial charge in [-0.2, -0.15) is 4.99 Å².